The summed E-state index contributed by atoms with van der Waals surface area (Å²) in [6.45, 7) is 6.67. The number of sulfonamides is 1. The van der Waals surface area contributed by atoms with E-state index in [1.54, 1.807) is 12.1 Å². The van der Waals surface area contributed by atoms with Gasteiger partial charge in [-0.25, -0.2) is 8.42 Å². The maximum Gasteiger partial charge on any atom is 0.241 e. The molecule has 30 heavy (non-hydrogen) atoms. The Morgan fingerprint density at radius 2 is 1.60 bits per heavy atom. The molecular formula is C22H28N2O5S. The third-order valence-electron chi connectivity index (χ3n) is 4.98. The smallest absolute Gasteiger partial charge is 0.241 e. The summed E-state index contributed by atoms with van der Waals surface area (Å²) >= 11 is 0. The lowest BCUT2D eigenvalue weighted by Crippen LogP contribution is -2.41. The fraction of sp³-hybridized carbons (Fsp3) is 0.409. The van der Waals surface area contributed by atoms with E-state index >= 15 is 0 Å². The molecule has 2 aromatic carbocycles. The van der Waals surface area contributed by atoms with Crippen molar-refractivity contribution in [3.05, 3.63) is 53.6 Å². The highest BCUT2D eigenvalue weighted by atomic mass is 32.2. The van der Waals surface area contributed by atoms with Crippen LogP contribution < -0.4 is 19.1 Å². The number of ether oxygens (including phenoxy) is 2. The molecule has 0 saturated carbocycles. The van der Waals surface area contributed by atoms with Gasteiger partial charge in [-0.05, 0) is 48.2 Å². The monoisotopic (exact) mass is 432 g/mol. The van der Waals surface area contributed by atoms with Crippen LogP contribution in [0.25, 0.3) is 0 Å². The lowest BCUT2D eigenvalue weighted by molar-refractivity contribution is -0.120. The topological polar surface area (TPSA) is 84.9 Å². The van der Waals surface area contributed by atoms with Crippen molar-refractivity contribution in [2.75, 3.05) is 30.3 Å². The number of hydrogen-bond acceptors (Lipinski definition) is 5. The van der Waals surface area contributed by atoms with Crippen molar-refractivity contribution in [1.82, 2.24) is 5.32 Å². The Hall–Kier alpha value is -2.74. The van der Waals surface area contributed by atoms with E-state index in [4.69, 9.17) is 9.47 Å². The van der Waals surface area contributed by atoms with Crippen LogP contribution in [0.2, 0.25) is 0 Å². The lowest BCUT2D eigenvalue weighted by Gasteiger charge is -2.24. The summed E-state index contributed by atoms with van der Waals surface area (Å²) in [5, 5.41) is 2.86. The van der Waals surface area contributed by atoms with Gasteiger partial charge in [-0.15, -0.1) is 0 Å². The van der Waals surface area contributed by atoms with Gasteiger partial charge >= 0.3 is 0 Å². The average Bonchev–Trinajstić information content (AvgIpc) is 2.71. The summed E-state index contributed by atoms with van der Waals surface area (Å²) in [7, 11) is -3.62. The van der Waals surface area contributed by atoms with Crippen LogP contribution >= 0.6 is 0 Å². The second-order valence-corrected chi connectivity index (χ2v) is 9.61. The Balaban J connectivity index is 1.71. The van der Waals surface area contributed by atoms with Crippen molar-refractivity contribution in [3.8, 4) is 11.5 Å². The molecule has 3 rings (SSSR count). The van der Waals surface area contributed by atoms with Gasteiger partial charge in [0, 0.05) is 0 Å². The predicted octanol–water partition coefficient (Wildman–Crippen LogP) is 3.22. The minimum atomic E-state index is -3.62. The Bertz CT molecular complexity index is 1000. The van der Waals surface area contributed by atoms with Gasteiger partial charge in [-0.1, -0.05) is 32.0 Å². The predicted molar refractivity (Wildman–Crippen MR) is 117 cm³/mol. The molecule has 0 radical (unpaired) electrons. The van der Waals surface area contributed by atoms with Gasteiger partial charge in [0.15, 0.2) is 11.5 Å². The summed E-state index contributed by atoms with van der Waals surface area (Å²) in [5.41, 5.74) is 2.41. The Morgan fingerprint density at radius 3 is 2.20 bits per heavy atom. The van der Waals surface area contributed by atoms with Crippen molar-refractivity contribution in [2.45, 2.75) is 32.7 Å². The van der Waals surface area contributed by atoms with E-state index in [9.17, 15) is 13.2 Å². The van der Waals surface area contributed by atoms with Crippen LogP contribution in [0.5, 0.6) is 11.5 Å². The molecule has 1 atom stereocenters. The summed E-state index contributed by atoms with van der Waals surface area (Å²) in [4.78, 5) is 12.6. The zero-order valence-electron chi connectivity index (χ0n) is 17.7. The first-order chi connectivity index (χ1) is 14.1. The molecule has 0 unspecified atom stereocenters. The molecule has 162 valence electrons. The number of fused-ring (bicyclic) bond motifs is 1. The van der Waals surface area contributed by atoms with Crippen molar-refractivity contribution >= 4 is 21.6 Å². The Morgan fingerprint density at radius 1 is 1.00 bits per heavy atom. The van der Waals surface area contributed by atoms with Gasteiger partial charge in [0.1, 0.15) is 19.8 Å². The van der Waals surface area contributed by atoms with Gasteiger partial charge in [-0.3, -0.25) is 9.10 Å². The van der Waals surface area contributed by atoms with Crippen molar-refractivity contribution in [1.29, 1.82) is 0 Å². The van der Waals surface area contributed by atoms with E-state index < -0.39 is 15.9 Å². The van der Waals surface area contributed by atoms with Crippen LogP contribution in [0.4, 0.5) is 5.69 Å². The van der Waals surface area contributed by atoms with E-state index in [0.717, 1.165) is 21.7 Å². The number of rotatable bonds is 7. The highest BCUT2D eigenvalue weighted by molar-refractivity contribution is 7.92. The zero-order valence-corrected chi connectivity index (χ0v) is 18.5. The number of benzene rings is 2. The van der Waals surface area contributed by atoms with Crippen LogP contribution in [0, 0.1) is 0 Å². The first-order valence-electron chi connectivity index (χ1n) is 9.91. The lowest BCUT2D eigenvalue weighted by atomic mass is 10.0. The summed E-state index contributed by atoms with van der Waals surface area (Å²) in [6.07, 6.45) is 1.10. The normalized spacial score (nSPS) is 14.3. The SMILES string of the molecule is CC(C)c1ccc(N(CC(=O)N[C@@H](C)c2ccc3c(c2)OCCO3)S(C)(=O)=O)cc1. The van der Waals surface area contributed by atoms with E-state index in [-0.39, 0.29) is 12.6 Å². The van der Waals surface area contributed by atoms with Crippen LogP contribution in [0.1, 0.15) is 43.9 Å². The molecule has 1 aliphatic rings. The first kappa shape index (κ1) is 22.0. The highest BCUT2D eigenvalue weighted by Crippen LogP contribution is 2.32. The molecule has 0 fully saturated rings. The van der Waals surface area contributed by atoms with Crippen LogP contribution in [-0.4, -0.2) is 40.3 Å². The van der Waals surface area contributed by atoms with Gasteiger partial charge in [0.2, 0.25) is 15.9 Å². The molecule has 1 N–H and O–H groups in total. The van der Waals surface area contributed by atoms with E-state index in [1.165, 1.54) is 0 Å². The number of anilines is 1. The number of amides is 1. The van der Waals surface area contributed by atoms with E-state index in [1.807, 2.05) is 37.3 Å². The standard InChI is InChI=1S/C22H28N2O5S/c1-15(2)17-5-8-19(9-6-17)24(30(4,26)27)14-22(25)23-16(3)18-7-10-20-21(13-18)29-12-11-28-20/h5-10,13,15-16H,11-12,14H2,1-4H3,(H,23,25)/t16-/m0/s1. The Kier molecular flexibility index (Phi) is 6.55. The van der Waals surface area contributed by atoms with Crippen molar-refractivity contribution < 1.29 is 22.7 Å². The van der Waals surface area contributed by atoms with Crippen LogP contribution in [0.3, 0.4) is 0 Å². The summed E-state index contributed by atoms with van der Waals surface area (Å²) < 4.78 is 36.9. The fourth-order valence-corrected chi connectivity index (χ4v) is 4.11. The molecule has 2 aromatic rings. The zero-order chi connectivity index (χ0) is 21.9. The third-order valence-corrected chi connectivity index (χ3v) is 6.12. The number of nitrogens with one attached hydrogen (secondary N) is 1. The molecule has 1 amide bonds. The molecule has 8 heteroatoms. The van der Waals surface area contributed by atoms with Crippen molar-refractivity contribution in [2.24, 2.45) is 0 Å². The minimum Gasteiger partial charge on any atom is -0.486 e. The molecule has 0 bridgehead atoms. The van der Waals surface area contributed by atoms with Gasteiger partial charge < -0.3 is 14.8 Å². The van der Waals surface area contributed by atoms with Crippen LogP contribution in [0.15, 0.2) is 42.5 Å². The molecular weight excluding hydrogens is 404 g/mol. The maximum atomic E-state index is 12.6. The van der Waals surface area contributed by atoms with Gasteiger partial charge in [0.05, 0.1) is 18.0 Å². The maximum absolute atomic E-state index is 12.6. The molecule has 0 spiro atoms. The summed E-state index contributed by atoms with van der Waals surface area (Å²) in [6, 6.07) is 12.4. The largest absolute Gasteiger partial charge is 0.486 e. The highest BCUT2D eigenvalue weighted by Gasteiger charge is 2.22. The first-order valence-corrected chi connectivity index (χ1v) is 11.8. The minimum absolute atomic E-state index is 0.297. The molecule has 0 aromatic heterocycles. The van der Waals surface area contributed by atoms with Crippen LogP contribution in [-0.2, 0) is 14.8 Å². The number of nitrogens with zero attached hydrogens (tertiary/aromatic N) is 1. The molecule has 0 saturated heterocycles. The number of carbonyl (C=O) groups excluding carboxylic acids is 1. The molecule has 0 aliphatic carbocycles. The molecule has 1 heterocycles. The summed E-state index contributed by atoms with van der Waals surface area (Å²) in [5.74, 6) is 1.26. The molecule has 7 nitrogen and oxygen atoms in total. The van der Waals surface area contributed by atoms with E-state index in [2.05, 4.69) is 19.2 Å². The van der Waals surface area contributed by atoms with Gasteiger partial charge in [0.25, 0.3) is 0 Å². The quantitative estimate of drug-likeness (QED) is 0.726. The second-order valence-electron chi connectivity index (χ2n) is 7.71. The third kappa shape index (κ3) is 5.24. The second kappa shape index (κ2) is 8.95. The number of hydrogen-bond donors (Lipinski definition) is 1. The Labute approximate surface area is 178 Å². The van der Waals surface area contributed by atoms with Crippen molar-refractivity contribution in [3.63, 3.8) is 0 Å². The fourth-order valence-electron chi connectivity index (χ4n) is 3.26. The van der Waals surface area contributed by atoms with Gasteiger partial charge in [-0.2, -0.15) is 0 Å². The molecule has 1 aliphatic heterocycles. The average molecular weight is 433 g/mol. The number of carbonyl (C=O) groups is 1. The van der Waals surface area contributed by atoms with E-state index in [0.29, 0.717) is 36.3 Å².